The summed E-state index contributed by atoms with van der Waals surface area (Å²) < 4.78 is 20.3. The number of carbonyl (C=O) groups is 2. The number of benzene rings is 3. The van der Waals surface area contributed by atoms with E-state index in [9.17, 15) is 14.0 Å². The third kappa shape index (κ3) is 6.79. The fourth-order valence-electron chi connectivity index (χ4n) is 3.29. The van der Waals surface area contributed by atoms with Crippen LogP contribution in [0.25, 0.3) is 5.69 Å². The van der Waals surface area contributed by atoms with Crippen LogP contribution in [0.15, 0.2) is 71.9 Å². The molecule has 0 bridgehead atoms. The zero-order valence-electron chi connectivity index (χ0n) is 19.4. The average Bonchev–Trinajstić information content (AvgIpc) is 3.31. The number of aromatic nitrogens is 3. The van der Waals surface area contributed by atoms with Gasteiger partial charge in [-0.15, -0.1) is 10.2 Å². The second-order valence-electron chi connectivity index (χ2n) is 7.58. The largest absolute Gasteiger partial charge is 0.497 e. The van der Waals surface area contributed by atoms with Crippen LogP contribution < -0.4 is 15.4 Å². The standard InChI is InChI=1S/C25H20Cl2FN5O3S/c1-36-19-9-5-17(6-10-19)30-23(34)14-37-25-32-31-22(33(25)18-7-3-16(28)4-8-18)13-29-24(35)20-12-15(26)2-11-21(20)27/h2-12H,13-14H2,1H3,(H,29,35)(H,30,34). The smallest absolute Gasteiger partial charge is 0.253 e. The lowest BCUT2D eigenvalue weighted by Gasteiger charge is -2.12. The Morgan fingerprint density at radius 3 is 2.46 bits per heavy atom. The second-order valence-corrected chi connectivity index (χ2v) is 9.37. The van der Waals surface area contributed by atoms with Gasteiger partial charge in [-0.2, -0.15) is 0 Å². The molecule has 0 saturated heterocycles. The highest BCUT2D eigenvalue weighted by atomic mass is 35.5. The Morgan fingerprint density at radius 2 is 1.76 bits per heavy atom. The molecule has 0 atom stereocenters. The van der Waals surface area contributed by atoms with Crippen LogP contribution in [0.1, 0.15) is 16.2 Å². The molecule has 1 aromatic heterocycles. The molecule has 3 aromatic carbocycles. The fraction of sp³-hybridized carbons (Fsp3) is 0.120. The van der Waals surface area contributed by atoms with Crippen molar-refractivity contribution >= 4 is 52.5 Å². The van der Waals surface area contributed by atoms with E-state index in [0.29, 0.717) is 33.1 Å². The number of methoxy groups -OCH3 is 1. The second kappa shape index (κ2) is 12.1. The Morgan fingerprint density at radius 1 is 1.03 bits per heavy atom. The van der Waals surface area contributed by atoms with Crippen LogP contribution in [0.4, 0.5) is 10.1 Å². The van der Waals surface area contributed by atoms with Crippen molar-refractivity contribution in [2.75, 3.05) is 18.2 Å². The molecule has 0 saturated carbocycles. The Balaban J connectivity index is 1.49. The Kier molecular flexibility index (Phi) is 8.65. The molecule has 4 aromatic rings. The van der Waals surface area contributed by atoms with Gasteiger partial charge in [-0.05, 0) is 66.7 Å². The first kappa shape index (κ1) is 26.5. The van der Waals surface area contributed by atoms with Gasteiger partial charge in [0.05, 0.1) is 30.0 Å². The molecule has 0 unspecified atom stereocenters. The molecule has 2 N–H and O–H groups in total. The average molecular weight is 560 g/mol. The Bertz CT molecular complexity index is 1420. The van der Waals surface area contributed by atoms with Gasteiger partial charge in [0, 0.05) is 16.4 Å². The minimum Gasteiger partial charge on any atom is -0.497 e. The zero-order valence-corrected chi connectivity index (χ0v) is 21.7. The number of nitrogens with one attached hydrogen (secondary N) is 2. The monoisotopic (exact) mass is 559 g/mol. The predicted octanol–water partition coefficient (Wildman–Crippen LogP) is 5.38. The minimum atomic E-state index is -0.450. The topological polar surface area (TPSA) is 98.1 Å². The lowest BCUT2D eigenvalue weighted by atomic mass is 10.2. The van der Waals surface area contributed by atoms with E-state index < -0.39 is 11.7 Å². The highest BCUT2D eigenvalue weighted by Gasteiger charge is 2.18. The van der Waals surface area contributed by atoms with Crippen molar-refractivity contribution in [2.24, 2.45) is 0 Å². The fourth-order valence-corrected chi connectivity index (χ4v) is 4.43. The van der Waals surface area contributed by atoms with Crippen LogP contribution in [0.3, 0.4) is 0 Å². The summed E-state index contributed by atoms with van der Waals surface area (Å²) in [5.41, 5.74) is 1.40. The molecule has 0 aliphatic carbocycles. The molecule has 0 aliphatic rings. The number of rotatable bonds is 9. The van der Waals surface area contributed by atoms with Crippen molar-refractivity contribution < 1.29 is 18.7 Å². The number of anilines is 1. The predicted molar refractivity (Wildman–Crippen MR) is 141 cm³/mol. The third-order valence-corrected chi connectivity index (χ3v) is 6.57. The first-order valence-corrected chi connectivity index (χ1v) is 12.6. The molecule has 0 fully saturated rings. The quantitative estimate of drug-likeness (QED) is 0.267. The molecule has 8 nitrogen and oxygen atoms in total. The minimum absolute atomic E-state index is 0.00927. The summed E-state index contributed by atoms with van der Waals surface area (Å²) in [6.07, 6.45) is 0. The first-order chi connectivity index (χ1) is 17.8. The number of ether oxygens (including phenoxy) is 1. The summed E-state index contributed by atoms with van der Waals surface area (Å²) in [5.74, 6) is -0.0254. The van der Waals surface area contributed by atoms with Crippen LogP contribution in [0, 0.1) is 5.82 Å². The van der Waals surface area contributed by atoms with Crippen LogP contribution >= 0.6 is 35.0 Å². The summed E-state index contributed by atoms with van der Waals surface area (Å²) >= 11 is 13.3. The van der Waals surface area contributed by atoms with Crippen molar-refractivity contribution in [1.29, 1.82) is 0 Å². The summed E-state index contributed by atoms with van der Waals surface area (Å²) in [7, 11) is 1.56. The molecule has 2 amide bonds. The van der Waals surface area contributed by atoms with Crippen molar-refractivity contribution in [3.8, 4) is 11.4 Å². The molecule has 0 spiro atoms. The Labute approximate surface area is 226 Å². The maximum absolute atomic E-state index is 13.6. The van der Waals surface area contributed by atoms with E-state index >= 15 is 0 Å². The highest BCUT2D eigenvalue weighted by molar-refractivity contribution is 7.99. The highest BCUT2D eigenvalue weighted by Crippen LogP contribution is 2.24. The summed E-state index contributed by atoms with van der Waals surface area (Å²) in [6.45, 7) is -0.00927. The van der Waals surface area contributed by atoms with Crippen LogP contribution in [0.2, 0.25) is 10.0 Å². The van der Waals surface area contributed by atoms with Gasteiger partial charge in [0.2, 0.25) is 5.91 Å². The van der Waals surface area contributed by atoms with E-state index in [2.05, 4.69) is 20.8 Å². The number of amides is 2. The molecule has 4 rings (SSSR count). The molecule has 37 heavy (non-hydrogen) atoms. The van der Waals surface area contributed by atoms with Gasteiger partial charge in [0.15, 0.2) is 11.0 Å². The number of thioether (sulfide) groups is 1. The van der Waals surface area contributed by atoms with Crippen molar-refractivity contribution in [2.45, 2.75) is 11.7 Å². The SMILES string of the molecule is COc1ccc(NC(=O)CSc2nnc(CNC(=O)c3cc(Cl)ccc3Cl)n2-c2ccc(F)cc2)cc1. The number of nitrogens with zero attached hydrogens (tertiary/aromatic N) is 3. The molecule has 0 aliphatic heterocycles. The van der Waals surface area contributed by atoms with E-state index in [4.69, 9.17) is 27.9 Å². The van der Waals surface area contributed by atoms with Gasteiger partial charge in [-0.25, -0.2) is 4.39 Å². The molecule has 1 heterocycles. The summed E-state index contributed by atoms with van der Waals surface area (Å²) in [4.78, 5) is 25.2. The van der Waals surface area contributed by atoms with Crippen molar-refractivity contribution in [3.05, 3.63) is 94.0 Å². The number of hydrogen-bond acceptors (Lipinski definition) is 6. The Hall–Kier alpha value is -3.60. The summed E-state index contributed by atoms with van der Waals surface area (Å²) in [6, 6.07) is 17.2. The molecular weight excluding hydrogens is 540 g/mol. The van der Waals surface area contributed by atoms with Crippen molar-refractivity contribution in [1.82, 2.24) is 20.1 Å². The van der Waals surface area contributed by atoms with E-state index in [-0.39, 0.29) is 28.8 Å². The van der Waals surface area contributed by atoms with Crippen LogP contribution in [0.5, 0.6) is 5.75 Å². The van der Waals surface area contributed by atoms with Crippen molar-refractivity contribution in [3.63, 3.8) is 0 Å². The van der Waals surface area contributed by atoms with E-state index in [0.717, 1.165) is 11.8 Å². The molecule has 12 heteroatoms. The van der Waals surface area contributed by atoms with Gasteiger partial charge in [-0.3, -0.25) is 14.2 Å². The van der Waals surface area contributed by atoms with Gasteiger partial charge >= 0.3 is 0 Å². The number of hydrogen-bond donors (Lipinski definition) is 2. The van der Waals surface area contributed by atoms with Gasteiger partial charge in [-0.1, -0.05) is 35.0 Å². The van der Waals surface area contributed by atoms with Gasteiger partial charge < -0.3 is 15.4 Å². The summed E-state index contributed by atoms with van der Waals surface area (Å²) in [5, 5.41) is 14.9. The van der Waals surface area contributed by atoms with Gasteiger partial charge in [0.1, 0.15) is 11.6 Å². The number of halogens is 3. The molecular formula is C25H20Cl2FN5O3S. The zero-order chi connectivity index (χ0) is 26.4. The van der Waals surface area contributed by atoms with E-state index in [1.54, 1.807) is 54.1 Å². The number of carbonyl (C=O) groups excluding carboxylic acids is 2. The first-order valence-electron chi connectivity index (χ1n) is 10.8. The molecule has 190 valence electrons. The maximum atomic E-state index is 13.6. The van der Waals surface area contributed by atoms with Gasteiger partial charge in [0.25, 0.3) is 5.91 Å². The lowest BCUT2D eigenvalue weighted by molar-refractivity contribution is -0.113. The van der Waals surface area contributed by atoms with E-state index in [1.165, 1.54) is 24.3 Å². The van der Waals surface area contributed by atoms with Crippen LogP contribution in [-0.2, 0) is 11.3 Å². The maximum Gasteiger partial charge on any atom is 0.253 e. The normalized spacial score (nSPS) is 10.7. The molecule has 0 radical (unpaired) electrons. The van der Waals surface area contributed by atoms with Crippen LogP contribution in [-0.4, -0.2) is 39.4 Å². The van der Waals surface area contributed by atoms with E-state index in [1.807, 2.05) is 0 Å². The third-order valence-electron chi connectivity index (χ3n) is 5.07. The lowest BCUT2D eigenvalue weighted by Crippen LogP contribution is -2.25.